The van der Waals surface area contributed by atoms with Crippen LogP contribution in [0.2, 0.25) is 0 Å². The number of benzene rings is 1. The smallest absolute Gasteiger partial charge is 0.238 e. The van der Waals surface area contributed by atoms with Gasteiger partial charge in [-0.2, -0.15) is 0 Å². The molecule has 1 aromatic carbocycles. The number of rotatable bonds is 1. The van der Waals surface area contributed by atoms with E-state index in [0.29, 0.717) is 17.2 Å². The van der Waals surface area contributed by atoms with Crippen molar-refractivity contribution in [3.05, 3.63) is 32.5 Å². The van der Waals surface area contributed by atoms with E-state index in [9.17, 15) is 0 Å². The van der Waals surface area contributed by atoms with Gasteiger partial charge in [0.15, 0.2) is 5.58 Å². The zero-order valence-electron chi connectivity index (χ0n) is 8.41. The minimum atomic E-state index is 0.584. The van der Waals surface area contributed by atoms with Crippen LogP contribution < -0.4 is 5.73 Å². The van der Waals surface area contributed by atoms with Crippen molar-refractivity contribution in [3.8, 4) is 10.8 Å². The molecule has 0 saturated carbocycles. The van der Waals surface area contributed by atoms with Gasteiger partial charge in [-0.05, 0) is 39.5 Å². The van der Waals surface area contributed by atoms with E-state index >= 15 is 0 Å². The predicted molar refractivity (Wildman–Crippen MR) is 77.1 cm³/mol. The summed E-state index contributed by atoms with van der Waals surface area (Å²) >= 11 is 8.42. The lowest BCUT2D eigenvalue weighted by atomic mass is 10.3. The molecule has 2 heterocycles. The highest BCUT2D eigenvalue weighted by atomic mass is 79.9. The summed E-state index contributed by atoms with van der Waals surface area (Å²) in [6.45, 7) is 0. The second kappa shape index (κ2) is 4.12. The van der Waals surface area contributed by atoms with Crippen LogP contribution in [-0.2, 0) is 0 Å². The summed E-state index contributed by atoms with van der Waals surface area (Å²) in [5.41, 5.74) is 7.86. The maximum absolute atomic E-state index is 5.89. The van der Waals surface area contributed by atoms with E-state index in [-0.39, 0.29) is 0 Å². The van der Waals surface area contributed by atoms with Gasteiger partial charge in [-0.3, -0.25) is 0 Å². The van der Waals surface area contributed by atoms with E-state index in [4.69, 9.17) is 10.2 Å². The van der Waals surface area contributed by atoms with Gasteiger partial charge in [-0.25, -0.2) is 4.98 Å². The quantitative estimate of drug-likeness (QED) is 0.631. The summed E-state index contributed by atoms with van der Waals surface area (Å²) in [6, 6.07) is 5.66. The average molecular weight is 374 g/mol. The molecule has 86 valence electrons. The van der Waals surface area contributed by atoms with Gasteiger partial charge in [-0.1, -0.05) is 15.9 Å². The Kier molecular flexibility index (Phi) is 2.72. The lowest BCUT2D eigenvalue weighted by molar-refractivity contribution is 0.622. The van der Waals surface area contributed by atoms with E-state index in [1.807, 2.05) is 17.5 Å². The van der Waals surface area contributed by atoms with Crippen molar-refractivity contribution in [3.63, 3.8) is 0 Å². The predicted octanol–water partition coefficient (Wildman–Crippen LogP) is 4.66. The van der Waals surface area contributed by atoms with Gasteiger partial charge in [0.25, 0.3) is 0 Å². The monoisotopic (exact) mass is 372 g/mol. The van der Waals surface area contributed by atoms with Crippen molar-refractivity contribution in [2.75, 3.05) is 5.73 Å². The summed E-state index contributed by atoms with van der Waals surface area (Å²) in [5, 5.41) is 1.98. The Morgan fingerprint density at radius 1 is 1.29 bits per heavy atom. The fourth-order valence-electron chi connectivity index (χ4n) is 1.57. The molecule has 17 heavy (non-hydrogen) atoms. The second-order valence-corrected chi connectivity index (χ2v) is 6.15. The molecule has 0 aliphatic carbocycles. The summed E-state index contributed by atoms with van der Waals surface area (Å²) in [7, 11) is 0. The van der Waals surface area contributed by atoms with Crippen molar-refractivity contribution in [2.24, 2.45) is 0 Å². The minimum Gasteiger partial charge on any atom is -0.433 e. The Bertz CT molecular complexity index is 705. The average Bonchev–Trinajstić information content (AvgIpc) is 2.83. The molecule has 3 aromatic rings. The molecule has 0 aliphatic heterocycles. The molecule has 6 heteroatoms. The van der Waals surface area contributed by atoms with Crippen molar-refractivity contribution >= 4 is 60.0 Å². The highest BCUT2D eigenvalue weighted by molar-refractivity contribution is 9.10. The molecule has 0 bridgehead atoms. The zero-order valence-corrected chi connectivity index (χ0v) is 12.4. The molecule has 3 nitrogen and oxygen atoms in total. The normalized spacial score (nSPS) is 11.2. The van der Waals surface area contributed by atoms with Crippen LogP contribution in [-0.4, -0.2) is 4.98 Å². The summed E-state index contributed by atoms with van der Waals surface area (Å²) in [4.78, 5) is 5.41. The Morgan fingerprint density at radius 2 is 2.12 bits per heavy atom. The molecule has 0 aliphatic rings. The van der Waals surface area contributed by atoms with Crippen LogP contribution in [0.1, 0.15) is 0 Å². The fourth-order valence-corrected chi connectivity index (χ4v) is 3.50. The van der Waals surface area contributed by atoms with Gasteiger partial charge < -0.3 is 10.2 Å². The molecular weight excluding hydrogens is 368 g/mol. The van der Waals surface area contributed by atoms with Crippen LogP contribution in [0.4, 0.5) is 5.69 Å². The van der Waals surface area contributed by atoms with Crippen molar-refractivity contribution in [1.29, 1.82) is 0 Å². The number of nitrogen functional groups attached to an aromatic ring is 1. The minimum absolute atomic E-state index is 0.584. The highest BCUT2D eigenvalue weighted by Crippen LogP contribution is 2.36. The number of oxazole rings is 1. The lowest BCUT2D eigenvalue weighted by Crippen LogP contribution is -1.84. The number of nitrogens with zero attached hydrogens (tertiary/aromatic N) is 1. The first-order chi connectivity index (χ1) is 8.15. The van der Waals surface area contributed by atoms with Crippen molar-refractivity contribution in [2.45, 2.75) is 0 Å². The molecule has 2 aromatic heterocycles. The van der Waals surface area contributed by atoms with Gasteiger partial charge in [0.1, 0.15) is 10.4 Å². The van der Waals surface area contributed by atoms with Crippen LogP contribution in [0, 0.1) is 0 Å². The van der Waals surface area contributed by atoms with Gasteiger partial charge in [-0.15, -0.1) is 11.3 Å². The molecule has 0 amide bonds. The standard InChI is InChI=1S/C11H6Br2N2OS/c12-5-3-7(14)9-8(4-5)15-11(16-9)10-6(13)1-2-17-10/h1-4H,14H2. The van der Waals surface area contributed by atoms with Crippen LogP contribution in [0.25, 0.3) is 21.9 Å². The molecule has 3 rings (SSSR count). The maximum atomic E-state index is 5.89. The van der Waals surface area contributed by atoms with E-state index in [1.54, 1.807) is 17.4 Å². The van der Waals surface area contributed by atoms with Crippen molar-refractivity contribution < 1.29 is 4.42 Å². The summed E-state index contributed by atoms with van der Waals surface area (Å²) in [6.07, 6.45) is 0. The number of thiophene rings is 1. The van der Waals surface area contributed by atoms with Crippen LogP contribution in [0.5, 0.6) is 0 Å². The van der Waals surface area contributed by atoms with Gasteiger partial charge >= 0.3 is 0 Å². The largest absolute Gasteiger partial charge is 0.433 e. The molecule has 0 saturated heterocycles. The van der Waals surface area contributed by atoms with Gasteiger partial charge in [0, 0.05) is 8.95 Å². The fraction of sp³-hybridized carbons (Fsp3) is 0. The number of hydrogen-bond donors (Lipinski definition) is 1. The third kappa shape index (κ3) is 1.90. The molecule has 0 radical (unpaired) electrons. The third-order valence-corrected chi connectivity index (χ3v) is 4.58. The van der Waals surface area contributed by atoms with E-state index in [2.05, 4.69) is 36.8 Å². The Morgan fingerprint density at radius 3 is 2.82 bits per heavy atom. The van der Waals surface area contributed by atoms with Crippen LogP contribution in [0.3, 0.4) is 0 Å². The lowest BCUT2D eigenvalue weighted by Gasteiger charge is -1.94. The third-order valence-electron chi connectivity index (χ3n) is 2.29. The Labute approximate surface area is 118 Å². The molecule has 0 atom stereocenters. The maximum Gasteiger partial charge on any atom is 0.238 e. The van der Waals surface area contributed by atoms with Gasteiger partial charge in [0.05, 0.1) is 5.69 Å². The van der Waals surface area contributed by atoms with Crippen molar-refractivity contribution in [1.82, 2.24) is 4.98 Å². The first-order valence-corrected chi connectivity index (χ1v) is 7.20. The van der Waals surface area contributed by atoms with E-state index < -0.39 is 0 Å². The van der Waals surface area contributed by atoms with Crippen LogP contribution in [0.15, 0.2) is 36.9 Å². The van der Waals surface area contributed by atoms with Gasteiger partial charge in [0.2, 0.25) is 5.89 Å². The number of nitrogens with two attached hydrogens (primary N) is 1. The van der Waals surface area contributed by atoms with Crippen LogP contribution >= 0.6 is 43.2 Å². The highest BCUT2D eigenvalue weighted by Gasteiger charge is 2.14. The Hall–Kier alpha value is -0.850. The number of anilines is 1. The zero-order chi connectivity index (χ0) is 12.0. The van der Waals surface area contributed by atoms with E-state index in [1.165, 1.54) is 0 Å². The number of halogens is 2. The molecule has 0 unspecified atom stereocenters. The number of aromatic nitrogens is 1. The van der Waals surface area contributed by atoms with E-state index in [0.717, 1.165) is 19.3 Å². The first-order valence-electron chi connectivity index (χ1n) is 4.74. The molecule has 2 N–H and O–H groups in total. The Balaban J connectivity index is 2.27. The number of hydrogen-bond acceptors (Lipinski definition) is 4. The second-order valence-electron chi connectivity index (χ2n) is 3.46. The first kappa shape index (κ1) is 11.3. The molecule has 0 fully saturated rings. The summed E-state index contributed by atoms with van der Waals surface area (Å²) in [5.74, 6) is 0.590. The molecular formula is C11H6Br2N2OS. The SMILES string of the molecule is Nc1cc(Br)cc2nc(-c3sccc3Br)oc12. The molecule has 0 spiro atoms. The summed E-state index contributed by atoms with van der Waals surface area (Å²) < 4.78 is 7.58. The number of fused-ring (bicyclic) bond motifs is 1. The topological polar surface area (TPSA) is 52.0 Å².